The van der Waals surface area contributed by atoms with Crippen LogP contribution in [0.1, 0.15) is 0 Å². The third-order valence-electron chi connectivity index (χ3n) is 2.31. The Kier molecular flexibility index (Phi) is 3.94. The second-order valence-corrected chi connectivity index (χ2v) is 5.69. The highest BCUT2D eigenvalue weighted by atomic mass is 32.2. The number of phenols is 1. The van der Waals surface area contributed by atoms with E-state index in [2.05, 4.69) is 9.37 Å². The van der Waals surface area contributed by atoms with E-state index in [4.69, 9.17) is 5.26 Å². The van der Waals surface area contributed by atoms with E-state index in [9.17, 15) is 18.1 Å². The molecule has 7 nitrogen and oxygen atoms in total. The minimum atomic E-state index is -4.48. The van der Waals surface area contributed by atoms with Gasteiger partial charge in [-0.2, -0.15) is 8.42 Å². The van der Waals surface area contributed by atoms with Crippen molar-refractivity contribution in [3.05, 3.63) is 30.3 Å². The molecule has 0 amide bonds. The second kappa shape index (κ2) is 5.33. The molecule has 2 aromatic carbocycles. The number of benzene rings is 2. The fourth-order valence-electron chi connectivity index (χ4n) is 1.60. The van der Waals surface area contributed by atoms with Crippen molar-refractivity contribution >= 4 is 32.9 Å². The van der Waals surface area contributed by atoms with Crippen LogP contribution in [0.2, 0.25) is 0 Å². The summed E-state index contributed by atoms with van der Waals surface area (Å²) < 4.78 is 36.0. The van der Waals surface area contributed by atoms with Crippen molar-refractivity contribution in [1.29, 1.82) is 0 Å². The lowest BCUT2D eigenvalue weighted by Gasteiger charge is -2.07. The zero-order valence-corrected chi connectivity index (χ0v) is 10.8. The summed E-state index contributed by atoms with van der Waals surface area (Å²) >= 11 is 0.559. The summed E-state index contributed by atoms with van der Waals surface area (Å²) in [6.07, 6.45) is 0. The van der Waals surface area contributed by atoms with Gasteiger partial charge >= 0.3 is 0 Å². The van der Waals surface area contributed by atoms with Gasteiger partial charge in [-0.05, 0) is 29.7 Å². The van der Waals surface area contributed by atoms with Gasteiger partial charge in [-0.1, -0.05) is 11.1 Å². The molecule has 0 aliphatic rings. The molecule has 0 spiro atoms. The molecule has 0 aromatic heterocycles. The third kappa shape index (κ3) is 3.15. The highest BCUT2D eigenvalue weighted by molar-refractivity contribution is 7.94. The molecule has 0 fully saturated rings. The van der Waals surface area contributed by atoms with E-state index >= 15 is 0 Å². The van der Waals surface area contributed by atoms with Gasteiger partial charge in [0.15, 0.2) is 0 Å². The van der Waals surface area contributed by atoms with Gasteiger partial charge in [0, 0.05) is 10.3 Å². The molecule has 9 heteroatoms. The van der Waals surface area contributed by atoms with Crippen LogP contribution in [0.25, 0.3) is 10.8 Å². The summed E-state index contributed by atoms with van der Waals surface area (Å²) in [5, 5.41) is 21.5. The number of fused-ring (bicyclic) bond motifs is 1. The zero-order chi connectivity index (χ0) is 14.0. The molecule has 2 aromatic rings. The maximum Gasteiger partial charge on any atom is 0.295 e. The number of aromatic hydroxyl groups is 1. The quantitative estimate of drug-likeness (QED) is 0.341. The molecule has 0 aliphatic heterocycles. The Morgan fingerprint density at radius 1 is 1.16 bits per heavy atom. The van der Waals surface area contributed by atoms with Gasteiger partial charge in [-0.3, -0.25) is 4.55 Å². The predicted molar refractivity (Wildman–Crippen MR) is 66.1 cm³/mol. The van der Waals surface area contributed by atoms with Crippen molar-refractivity contribution in [3.63, 3.8) is 0 Å². The molecule has 3 N–H and O–H groups in total. The minimum absolute atomic E-state index is 0.132. The van der Waals surface area contributed by atoms with Gasteiger partial charge in [0.1, 0.15) is 10.6 Å². The van der Waals surface area contributed by atoms with Gasteiger partial charge in [0.05, 0.1) is 12.0 Å². The van der Waals surface area contributed by atoms with Gasteiger partial charge in [-0.15, -0.1) is 4.33 Å². The smallest absolute Gasteiger partial charge is 0.295 e. The molecule has 0 bridgehead atoms. The van der Waals surface area contributed by atoms with Gasteiger partial charge in [0.2, 0.25) is 0 Å². The van der Waals surface area contributed by atoms with Crippen LogP contribution in [0.4, 0.5) is 0 Å². The summed E-state index contributed by atoms with van der Waals surface area (Å²) in [4.78, 5) is -0.107. The lowest BCUT2D eigenvalue weighted by molar-refractivity contribution is -0.432. The summed E-state index contributed by atoms with van der Waals surface area (Å²) in [5.74, 6) is -0.132. The summed E-state index contributed by atoms with van der Waals surface area (Å²) in [6, 6.07) is 6.72. The normalized spacial score (nSPS) is 11.9. The van der Waals surface area contributed by atoms with Crippen molar-refractivity contribution in [2.45, 2.75) is 9.79 Å². The molecule has 0 atom stereocenters. The van der Waals surface area contributed by atoms with Crippen LogP contribution < -0.4 is 0 Å². The van der Waals surface area contributed by atoms with Crippen molar-refractivity contribution < 1.29 is 32.7 Å². The van der Waals surface area contributed by atoms with Crippen molar-refractivity contribution in [1.82, 2.24) is 0 Å². The largest absolute Gasteiger partial charge is 0.508 e. The monoisotopic (exact) mass is 304 g/mol. The molecule has 19 heavy (non-hydrogen) atoms. The van der Waals surface area contributed by atoms with Crippen LogP contribution in [-0.4, -0.2) is 23.3 Å². The van der Waals surface area contributed by atoms with E-state index in [0.717, 1.165) is 6.07 Å². The van der Waals surface area contributed by atoms with Crippen molar-refractivity contribution in [2.24, 2.45) is 0 Å². The first-order valence-corrected chi connectivity index (χ1v) is 6.99. The molecule has 0 radical (unpaired) electrons. The number of hydrogen-bond acceptors (Lipinski definition) is 7. The second-order valence-electron chi connectivity index (χ2n) is 3.53. The Bertz CT molecular complexity index is 711. The topological polar surface area (TPSA) is 113 Å². The van der Waals surface area contributed by atoms with E-state index in [1.54, 1.807) is 0 Å². The Hall–Kier alpha value is -1.36. The van der Waals surface area contributed by atoms with Crippen molar-refractivity contribution in [2.75, 3.05) is 0 Å². The minimum Gasteiger partial charge on any atom is -0.508 e. The maximum atomic E-state index is 11.3. The molecule has 0 saturated heterocycles. The predicted octanol–water partition coefficient (Wildman–Crippen LogP) is 2.22. The molecule has 0 heterocycles. The Balaban J connectivity index is 2.69. The molecule has 102 valence electrons. The average Bonchev–Trinajstić information content (AvgIpc) is 2.34. The van der Waals surface area contributed by atoms with E-state index in [-0.39, 0.29) is 20.9 Å². The maximum absolute atomic E-state index is 11.3. The third-order valence-corrected chi connectivity index (χ3v) is 3.76. The fraction of sp³-hybridized carbons (Fsp3) is 0. The Morgan fingerprint density at radius 2 is 1.89 bits per heavy atom. The summed E-state index contributed by atoms with van der Waals surface area (Å²) in [6.45, 7) is 0. The summed E-state index contributed by atoms with van der Waals surface area (Å²) in [7, 11) is -4.48. The standard InChI is InChI=1S/C10H8O7S2/c11-7-2-1-6-3-8(18-17-16-12)5-10(9(6)4-7)19(13,14)15/h1-5,11-12H,(H,13,14,15). The number of rotatable bonds is 4. The first kappa shape index (κ1) is 14.1. The average molecular weight is 304 g/mol. The Morgan fingerprint density at radius 3 is 2.53 bits per heavy atom. The molecular formula is C10H8O7S2. The molecule has 2 rings (SSSR count). The van der Waals surface area contributed by atoms with Gasteiger partial charge < -0.3 is 5.11 Å². The molecule has 0 unspecified atom stereocenters. The van der Waals surface area contributed by atoms with E-state index in [1.165, 1.54) is 24.3 Å². The summed E-state index contributed by atoms with van der Waals surface area (Å²) in [5.41, 5.74) is 0. The lowest BCUT2D eigenvalue weighted by Crippen LogP contribution is -1.99. The highest BCUT2D eigenvalue weighted by Crippen LogP contribution is 2.32. The van der Waals surface area contributed by atoms with E-state index in [1.807, 2.05) is 0 Å². The van der Waals surface area contributed by atoms with E-state index in [0.29, 0.717) is 17.4 Å². The van der Waals surface area contributed by atoms with Crippen LogP contribution in [0.5, 0.6) is 5.75 Å². The molecule has 0 saturated carbocycles. The van der Waals surface area contributed by atoms with Crippen LogP contribution in [-0.2, 0) is 19.5 Å². The zero-order valence-electron chi connectivity index (χ0n) is 9.18. The van der Waals surface area contributed by atoms with Crippen LogP contribution in [0, 0.1) is 0 Å². The molecular weight excluding hydrogens is 296 g/mol. The van der Waals surface area contributed by atoms with Crippen LogP contribution in [0.15, 0.2) is 40.1 Å². The fourth-order valence-corrected chi connectivity index (χ4v) is 2.86. The van der Waals surface area contributed by atoms with Crippen LogP contribution in [0.3, 0.4) is 0 Å². The first-order chi connectivity index (χ1) is 8.91. The number of phenolic OH excluding ortho intramolecular Hbond substituents is 1. The lowest BCUT2D eigenvalue weighted by atomic mass is 10.1. The van der Waals surface area contributed by atoms with Crippen LogP contribution >= 0.6 is 12.0 Å². The molecule has 0 aliphatic carbocycles. The van der Waals surface area contributed by atoms with E-state index < -0.39 is 10.1 Å². The van der Waals surface area contributed by atoms with Gasteiger partial charge in [0.25, 0.3) is 10.1 Å². The number of hydrogen-bond donors (Lipinski definition) is 3. The Labute approximate surface area is 112 Å². The van der Waals surface area contributed by atoms with Gasteiger partial charge in [-0.25, -0.2) is 5.26 Å². The first-order valence-electron chi connectivity index (χ1n) is 4.81. The SMILES string of the molecule is O=S(=O)(O)c1cc(SOOO)cc2ccc(O)cc12. The highest BCUT2D eigenvalue weighted by Gasteiger charge is 2.16. The van der Waals surface area contributed by atoms with Crippen molar-refractivity contribution in [3.8, 4) is 5.75 Å².